The molecule has 9 heteroatoms. The third-order valence-corrected chi connectivity index (χ3v) is 7.24. The van der Waals surface area contributed by atoms with E-state index in [-0.39, 0.29) is 21.5 Å². The molecular weight excluding hydrogens is 414 g/mol. The number of hydrogen-bond donors (Lipinski definition) is 0. The van der Waals surface area contributed by atoms with E-state index in [2.05, 4.69) is 14.9 Å². The predicted molar refractivity (Wildman–Crippen MR) is 111 cm³/mol. The van der Waals surface area contributed by atoms with Crippen LogP contribution in [0.1, 0.15) is 44.4 Å². The standard InChI is InChI=1S/C18H18ClN3O4S.C2H6/c1-2-22(10-9-16-13-6-4-3-5-12(13)11-25-16)27(23,24)18-14(19)7-8-15-17(18)21-26-20-15;1-2/h3-8,16H,2,9-11H2,1H3;1-2H3. The Morgan fingerprint density at radius 1 is 1.17 bits per heavy atom. The minimum atomic E-state index is -3.86. The zero-order valence-electron chi connectivity index (χ0n) is 16.6. The SMILES string of the molecule is CC.CCN(CCC1OCc2ccccc21)S(=O)(=O)c1c(Cl)ccc2nonc12. The third-order valence-electron chi connectivity index (χ3n) is 4.77. The Bertz CT molecular complexity index is 1080. The maximum absolute atomic E-state index is 13.2. The predicted octanol–water partition coefficient (Wildman–Crippen LogP) is 4.57. The molecular formula is C20H24ClN3O4S. The molecule has 2 aromatic carbocycles. The highest BCUT2D eigenvalue weighted by Crippen LogP contribution is 2.35. The Labute approximate surface area is 175 Å². The van der Waals surface area contributed by atoms with Gasteiger partial charge in [-0.2, -0.15) is 4.31 Å². The average molecular weight is 438 g/mol. The topological polar surface area (TPSA) is 85.5 Å². The lowest BCUT2D eigenvalue weighted by Crippen LogP contribution is -2.33. The van der Waals surface area contributed by atoms with Gasteiger partial charge in [-0.1, -0.05) is 56.6 Å². The number of hydrogen-bond acceptors (Lipinski definition) is 6. The Hall–Kier alpha value is -2.00. The number of halogens is 1. The molecule has 0 spiro atoms. The van der Waals surface area contributed by atoms with Gasteiger partial charge in [0.15, 0.2) is 5.52 Å². The first kappa shape index (κ1) is 21.7. The molecule has 1 aliphatic heterocycles. The molecule has 0 bridgehead atoms. The number of nitrogens with zero attached hydrogens (tertiary/aromatic N) is 3. The van der Waals surface area contributed by atoms with Crippen LogP contribution in [0.5, 0.6) is 0 Å². The molecule has 0 amide bonds. The van der Waals surface area contributed by atoms with Crippen LogP contribution >= 0.6 is 11.6 Å². The fourth-order valence-electron chi connectivity index (χ4n) is 3.39. The molecule has 1 unspecified atom stereocenters. The van der Waals surface area contributed by atoms with Gasteiger partial charge in [0.1, 0.15) is 10.4 Å². The molecule has 0 N–H and O–H groups in total. The first-order valence-corrected chi connectivity index (χ1v) is 11.4. The van der Waals surface area contributed by atoms with Gasteiger partial charge in [-0.3, -0.25) is 0 Å². The minimum absolute atomic E-state index is 0.0718. The molecule has 0 aliphatic carbocycles. The van der Waals surface area contributed by atoms with Crippen LogP contribution in [0.15, 0.2) is 45.9 Å². The Morgan fingerprint density at radius 2 is 1.93 bits per heavy atom. The zero-order chi connectivity index (χ0) is 21.0. The average Bonchev–Trinajstić information content (AvgIpc) is 3.36. The Balaban J connectivity index is 0.00000117. The van der Waals surface area contributed by atoms with Gasteiger partial charge in [0.25, 0.3) is 0 Å². The summed E-state index contributed by atoms with van der Waals surface area (Å²) in [6, 6.07) is 11.1. The van der Waals surface area contributed by atoms with Gasteiger partial charge in [0.05, 0.1) is 17.7 Å². The highest BCUT2D eigenvalue weighted by molar-refractivity contribution is 7.89. The van der Waals surface area contributed by atoms with E-state index < -0.39 is 10.0 Å². The molecule has 2 heterocycles. The smallest absolute Gasteiger partial charge is 0.246 e. The molecule has 1 aromatic heterocycles. The molecule has 3 aromatic rings. The molecule has 29 heavy (non-hydrogen) atoms. The summed E-state index contributed by atoms with van der Waals surface area (Å²) in [5, 5.41) is 7.53. The molecule has 156 valence electrons. The van der Waals surface area contributed by atoms with Gasteiger partial charge in [0, 0.05) is 13.1 Å². The Morgan fingerprint density at radius 3 is 2.69 bits per heavy atom. The van der Waals surface area contributed by atoms with Gasteiger partial charge < -0.3 is 4.74 Å². The molecule has 0 saturated carbocycles. The van der Waals surface area contributed by atoms with Crippen LogP contribution in [0.4, 0.5) is 0 Å². The largest absolute Gasteiger partial charge is 0.369 e. The highest BCUT2D eigenvalue weighted by Gasteiger charge is 2.31. The van der Waals surface area contributed by atoms with Crippen molar-refractivity contribution in [3.8, 4) is 0 Å². The van der Waals surface area contributed by atoms with E-state index in [0.717, 1.165) is 11.1 Å². The summed E-state index contributed by atoms with van der Waals surface area (Å²) >= 11 is 6.20. The summed E-state index contributed by atoms with van der Waals surface area (Å²) < 4.78 is 38.4. The molecule has 0 saturated heterocycles. The number of benzene rings is 2. The van der Waals surface area contributed by atoms with Gasteiger partial charge in [-0.25, -0.2) is 13.0 Å². The van der Waals surface area contributed by atoms with Crippen molar-refractivity contribution in [2.75, 3.05) is 13.1 Å². The summed E-state index contributed by atoms with van der Waals surface area (Å²) in [7, 11) is -3.86. The zero-order valence-corrected chi connectivity index (χ0v) is 18.2. The van der Waals surface area contributed by atoms with E-state index in [1.807, 2.05) is 38.1 Å². The van der Waals surface area contributed by atoms with Crippen molar-refractivity contribution in [2.24, 2.45) is 0 Å². The highest BCUT2D eigenvalue weighted by atomic mass is 35.5. The summed E-state index contributed by atoms with van der Waals surface area (Å²) in [6.45, 7) is 6.94. The number of ether oxygens (including phenoxy) is 1. The number of aromatic nitrogens is 2. The molecule has 0 radical (unpaired) electrons. The monoisotopic (exact) mass is 437 g/mol. The normalized spacial score (nSPS) is 16.0. The van der Waals surface area contributed by atoms with Gasteiger partial charge >= 0.3 is 0 Å². The van der Waals surface area contributed by atoms with Crippen LogP contribution in [0.2, 0.25) is 5.02 Å². The van der Waals surface area contributed by atoms with Crippen molar-refractivity contribution in [3.63, 3.8) is 0 Å². The van der Waals surface area contributed by atoms with Crippen LogP contribution in [-0.4, -0.2) is 36.1 Å². The van der Waals surface area contributed by atoms with Gasteiger partial charge in [0.2, 0.25) is 10.0 Å². The van der Waals surface area contributed by atoms with E-state index >= 15 is 0 Å². The van der Waals surface area contributed by atoms with E-state index in [4.69, 9.17) is 16.3 Å². The summed E-state index contributed by atoms with van der Waals surface area (Å²) in [5.41, 5.74) is 2.76. The summed E-state index contributed by atoms with van der Waals surface area (Å²) in [4.78, 5) is -0.0718. The van der Waals surface area contributed by atoms with E-state index in [1.54, 1.807) is 13.0 Å². The van der Waals surface area contributed by atoms with Crippen LogP contribution in [0, 0.1) is 0 Å². The van der Waals surface area contributed by atoms with E-state index in [9.17, 15) is 8.42 Å². The molecule has 1 atom stereocenters. The van der Waals surface area contributed by atoms with Crippen LogP contribution in [-0.2, 0) is 21.4 Å². The summed E-state index contributed by atoms with van der Waals surface area (Å²) in [6.07, 6.45) is 0.430. The van der Waals surface area contributed by atoms with Crippen LogP contribution < -0.4 is 0 Å². The van der Waals surface area contributed by atoms with Crippen molar-refractivity contribution in [1.82, 2.24) is 14.6 Å². The van der Waals surface area contributed by atoms with E-state index in [0.29, 0.717) is 31.6 Å². The van der Waals surface area contributed by atoms with Crippen LogP contribution in [0.25, 0.3) is 11.0 Å². The van der Waals surface area contributed by atoms with Crippen molar-refractivity contribution < 1.29 is 17.8 Å². The second kappa shape index (κ2) is 9.21. The second-order valence-electron chi connectivity index (χ2n) is 6.29. The maximum Gasteiger partial charge on any atom is 0.246 e. The lowest BCUT2D eigenvalue weighted by Gasteiger charge is -2.22. The fraction of sp³-hybridized carbons (Fsp3) is 0.400. The quantitative estimate of drug-likeness (QED) is 0.561. The first-order chi connectivity index (χ1) is 14.0. The number of rotatable bonds is 6. The third kappa shape index (κ3) is 4.16. The fourth-order valence-corrected chi connectivity index (χ4v) is 5.48. The molecule has 1 aliphatic rings. The van der Waals surface area contributed by atoms with Crippen LogP contribution in [0.3, 0.4) is 0 Å². The number of sulfonamides is 1. The molecule has 4 rings (SSSR count). The van der Waals surface area contributed by atoms with E-state index in [1.165, 1.54) is 10.4 Å². The lowest BCUT2D eigenvalue weighted by molar-refractivity contribution is 0.0568. The maximum atomic E-state index is 13.2. The number of fused-ring (bicyclic) bond motifs is 2. The first-order valence-electron chi connectivity index (χ1n) is 9.62. The van der Waals surface area contributed by atoms with Crippen molar-refractivity contribution in [2.45, 2.75) is 44.8 Å². The Kier molecular flexibility index (Phi) is 6.89. The van der Waals surface area contributed by atoms with Gasteiger partial charge in [-0.05, 0) is 40.0 Å². The van der Waals surface area contributed by atoms with Gasteiger partial charge in [-0.15, -0.1) is 0 Å². The minimum Gasteiger partial charge on any atom is -0.369 e. The van der Waals surface area contributed by atoms with Crippen molar-refractivity contribution >= 4 is 32.7 Å². The van der Waals surface area contributed by atoms with Crippen molar-refractivity contribution in [1.29, 1.82) is 0 Å². The second-order valence-corrected chi connectivity index (χ2v) is 8.57. The lowest BCUT2D eigenvalue weighted by atomic mass is 10.0. The van der Waals surface area contributed by atoms with Crippen molar-refractivity contribution in [3.05, 3.63) is 52.5 Å². The molecule has 7 nitrogen and oxygen atoms in total. The molecule has 0 fully saturated rings. The summed E-state index contributed by atoms with van der Waals surface area (Å²) in [5.74, 6) is 0.